The molecule has 1 rings (SSSR count). The third-order valence-electron chi connectivity index (χ3n) is 2.48. The van der Waals surface area contributed by atoms with Crippen LogP contribution in [0.3, 0.4) is 0 Å². The van der Waals surface area contributed by atoms with Gasteiger partial charge in [-0.15, -0.1) is 0 Å². The van der Waals surface area contributed by atoms with Crippen LogP contribution >= 0.6 is 22.6 Å². The first-order valence-corrected chi connectivity index (χ1v) is 6.89. The highest BCUT2D eigenvalue weighted by Crippen LogP contribution is 2.37. The van der Waals surface area contributed by atoms with Crippen molar-refractivity contribution in [2.45, 2.75) is 6.18 Å². The summed E-state index contributed by atoms with van der Waals surface area (Å²) in [5, 5.41) is 2.25. The molecule has 0 aliphatic rings. The van der Waals surface area contributed by atoms with Gasteiger partial charge >= 0.3 is 18.1 Å². The number of rotatable bonds is 4. The summed E-state index contributed by atoms with van der Waals surface area (Å²) in [5.74, 6) is -3.15. The molecular formula is C13H10F4INO4. The van der Waals surface area contributed by atoms with Crippen molar-refractivity contribution in [1.29, 1.82) is 0 Å². The molecule has 0 spiro atoms. The van der Waals surface area contributed by atoms with Crippen LogP contribution in [0.2, 0.25) is 0 Å². The summed E-state index contributed by atoms with van der Waals surface area (Å²) in [5.41, 5.74) is -2.07. The minimum Gasteiger partial charge on any atom is -0.466 e. The second-order valence-corrected chi connectivity index (χ2v) is 5.09. The average Bonchev–Trinajstić information content (AvgIpc) is 2.47. The fraction of sp³-hybridized carbons (Fsp3) is 0.231. The maximum absolute atomic E-state index is 13.4. The normalized spacial score (nSPS) is 11.9. The first-order valence-electron chi connectivity index (χ1n) is 5.81. The van der Waals surface area contributed by atoms with Crippen molar-refractivity contribution in [3.63, 3.8) is 0 Å². The van der Waals surface area contributed by atoms with Crippen LogP contribution in [0.5, 0.6) is 0 Å². The highest BCUT2D eigenvalue weighted by Gasteiger charge is 2.35. The maximum Gasteiger partial charge on any atom is 0.417 e. The lowest BCUT2D eigenvalue weighted by Crippen LogP contribution is -2.17. The SMILES string of the molecule is COC(=O)/C=C(/Nc1cc(F)cc(C(F)(F)F)c1I)C(=O)OC. The Bertz CT molecular complexity index is 658. The Hall–Kier alpha value is -1.85. The second kappa shape index (κ2) is 7.62. The highest BCUT2D eigenvalue weighted by molar-refractivity contribution is 14.1. The van der Waals surface area contributed by atoms with E-state index in [1.165, 1.54) is 22.6 Å². The molecule has 0 saturated heterocycles. The Morgan fingerprint density at radius 2 is 1.83 bits per heavy atom. The largest absolute Gasteiger partial charge is 0.466 e. The number of nitrogens with one attached hydrogen (secondary N) is 1. The average molecular weight is 447 g/mol. The number of ether oxygens (including phenoxy) is 2. The van der Waals surface area contributed by atoms with Gasteiger partial charge in [0.15, 0.2) is 0 Å². The van der Waals surface area contributed by atoms with Crippen LogP contribution in [-0.2, 0) is 25.2 Å². The number of anilines is 1. The van der Waals surface area contributed by atoms with Crippen molar-refractivity contribution in [2.24, 2.45) is 0 Å². The number of esters is 2. The monoisotopic (exact) mass is 447 g/mol. The molecule has 10 heteroatoms. The Labute approximate surface area is 141 Å². The minimum absolute atomic E-state index is 0.328. The molecule has 0 aliphatic heterocycles. The van der Waals surface area contributed by atoms with Crippen molar-refractivity contribution < 1.29 is 36.6 Å². The lowest BCUT2D eigenvalue weighted by molar-refractivity contribution is -0.138. The molecule has 0 unspecified atom stereocenters. The Kier molecular flexibility index (Phi) is 6.36. The summed E-state index contributed by atoms with van der Waals surface area (Å²) in [6.07, 6.45) is -4.10. The zero-order valence-corrected chi connectivity index (χ0v) is 13.9. The smallest absolute Gasteiger partial charge is 0.417 e. The summed E-state index contributed by atoms with van der Waals surface area (Å²) < 4.78 is 60.3. The van der Waals surface area contributed by atoms with E-state index in [1.54, 1.807) is 0 Å². The van der Waals surface area contributed by atoms with Gasteiger partial charge in [0.25, 0.3) is 0 Å². The van der Waals surface area contributed by atoms with Gasteiger partial charge in [-0.2, -0.15) is 13.2 Å². The summed E-state index contributed by atoms with van der Waals surface area (Å²) >= 11 is 1.35. The Morgan fingerprint density at radius 1 is 1.22 bits per heavy atom. The lowest BCUT2D eigenvalue weighted by Gasteiger charge is -2.15. The van der Waals surface area contributed by atoms with Crippen LogP contribution in [0, 0.1) is 9.39 Å². The summed E-state index contributed by atoms with van der Waals surface area (Å²) in [6, 6.07) is 1.08. The van der Waals surface area contributed by atoms with E-state index in [2.05, 4.69) is 14.8 Å². The fourth-order valence-corrected chi connectivity index (χ4v) is 2.22. The molecule has 0 atom stereocenters. The predicted molar refractivity (Wildman–Crippen MR) is 79.9 cm³/mol. The number of hydrogen-bond acceptors (Lipinski definition) is 5. The van der Waals surface area contributed by atoms with Crippen molar-refractivity contribution >= 4 is 40.2 Å². The van der Waals surface area contributed by atoms with Gasteiger partial charge in [-0.25, -0.2) is 14.0 Å². The number of alkyl halides is 3. The van der Waals surface area contributed by atoms with Crippen molar-refractivity contribution in [3.8, 4) is 0 Å². The molecule has 0 bridgehead atoms. The molecule has 0 aromatic heterocycles. The first kappa shape index (κ1) is 19.2. The molecule has 0 amide bonds. The van der Waals surface area contributed by atoms with Crippen LogP contribution in [0.1, 0.15) is 5.56 Å². The number of benzene rings is 1. The molecule has 1 aromatic rings. The first-order chi connectivity index (χ1) is 10.6. The van der Waals surface area contributed by atoms with E-state index in [-0.39, 0.29) is 9.26 Å². The Morgan fingerprint density at radius 3 is 2.30 bits per heavy atom. The fourth-order valence-electron chi connectivity index (χ4n) is 1.46. The van der Waals surface area contributed by atoms with E-state index in [0.29, 0.717) is 12.1 Å². The molecule has 1 N–H and O–H groups in total. The van der Waals surface area contributed by atoms with Gasteiger partial charge in [0.2, 0.25) is 0 Å². The van der Waals surface area contributed by atoms with Gasteiger partial charge in [-0.1, -0.05) is 0 Å². The second-order valence-electron chi connectivity index (χ2n) is 4.01. The van der Waals surface area contributed by atoms with Crippen LogP contribution in [-0.4, -0.2) is 26.2 Å². The van der Waals surface area contributed by atoms with Crippen LogP contribution < -0.4 is 5.32 Å². The summed E-state index contributed by atoms with van der Waals surface area (Å²) in [7, 11) is 2.05. The third kappa shape index (κ3) is 5.08. The van der Waals surface area contributed by atoms with Gasteiger partial charge in [-0.05, 0) is 34.7 Å². The molecule has 0 heterocycles. The molecule has 5 nitrogen and oxygen atoms in total. The molecule has 0 saturated carbocycles. The van der Waals surface area contributed by atoms with Crippen molar-refractivity contribution in [2.75, 3.05) is 19.5 Å². The number of halogens is 5. The van der Waals surface area contributed by atoms with E-state index in [9.17, 15) is 27.2 Å². The van der Waals surface area contributed by atoms with Crippen LogP contribution in [0.25, 0.3) is 0 Å². The maximum atomic E-state index is 13.4. The standard InChI is InChI=1S/C13H10F4INO4/c1-22-10(20)5-9(12(21)23-2)19-8-4-6(14)3-7(11(8)18)13(15,16)17/h3-5,19H,1-2H3/b9-5+. The van der Waals surface area contributed by atoms with Crippen molar-refractivity contribution in [3.05, 3.63) is 38.9 Å². The van der Waals surface area contributed by atoms with E-state index in [1.807, 2.05) is 0 Å². The molecule has 126 valence electrons. The van der Waals surface area contributed by atoms with Crippen LogP contribution in [0.15, 0.2) is 23.9 Å². The summed E-state index contributed by atoms with van der Waals surface area (Å²) in [4.78, 5) is 22.8. The number of carbonyl (C=O) groups is 2. The van der Waals surface area contributed by atoms with Gasteiger partial charge in [0, 0.05) is 3.57 Å². The number of hydrogen-bond donors (Lipinski definition) is 1. The van der Waals surface area contributed by atoms with E-state index < -0.39 is 35.2 Å². The molecular weight excluding hydrogens is 437 g/mol. The minimum atomic E-state index is -4.79. The quantitative estimate of drug-likeness (QED) is 0.333. The summed E-state index contributed by atoms with van der Waals surface area (Å²) in [6.45, 7) is 0. The van der Waals surface area contributed by atoms with Gasteiger partial charge in [-0.3, -0.25) is 0 Å². The van der Waals surface area contributed by atoms with E-state index >= 15 is 0 Å². The van der Waals surface area contributed by atoms with Crippen molar-refractivity contribution in [1.82, 2.24) is 0 Å². The zero-order valence-electron chi connectivity index (χ0n) is 11.8. The van der Waals surface area contributed by atoms with Gasteiger partial charge in [0.1, 0.15) is 11.5 Å². The highest BCUT2D eigenvalue weighted by atomic mass is 127. The van der Waals surface area contributed by atoms with Crippen LogP contribution in [0.4, 0.5) is 23.2 Å². The zero-order chi connectivity index (χ0) is 17.8. The number of methoxy groups -OCH3 is 2. The topological polar surface area (TPSA) is 64.6 Å². The van der Waals surface area contributed by atoms with Gasteiger partial charge in [0.05, 0.1) is 31.5 Å². The third-order valence-corrected chi connectivity index (χ3v) is 3.64. The van der Waals surface area contributed by atoms with Gasteiger partial charge < -0.3 is 14.8 Å². The van der Waals surface area contributed by atoms with E-state index in [4.69, 9.17) is 0 Å². The lowest BCUT2D eigenvalue weighted by atomic mass is 10.2. The number of carbonyl (C=O) groups excluding carboxylic acids is 2. The molecule has 23 heavy (non-hydrogen) atoms. The molecule has 1 aromatic carbocycles. The molecule has 0 fully saturated rings. The molecule has 0 radical (unpaired) electrons. The Balaban J connectivity index is 3.35. The van der Waals surface area contributed by atoms with E-state index in [0.717, 1.165) is 20.3 Å². The predicted octanol–water partition coefficient (Wildman–Crippen LogP) is 3.09. The molecule has 0 aliphatic carbocycles.